The standard InChI is InChI=1S/C15H21N5O6S.C2HF3O2/c1-27(3-2-7(21)15(24)25)4-8-10(22)11(23)14(26-8)20-6-19-9-12(16)17-5-18-13(9)20;3-2(4,5)1(6)7/h5-8,10-11,14,21-23H,2-4H2,1H3,(H2-,16,17,18,24,25);(H,6,7)/t7?,8-,10-,11-,14-,27?;/m1./s1/i1+2;. The third kappa shape index (κ3) is 6.66. The Bertz CT molecular complexity index is 1010. The van der Waals surface area contributed by atoms with Gasteiger partial charge >= 0.3 is 12.1 Å². The Morgan fingerprint density at radius 1 is 1.29 bits per heavy atom. The minimum absolute atomic E-state index is 0.117. The van der Waals surface area contributed by atoms with Crippen molar-refractivity contribution < 1.29 is 53.0 Å². The number of halogens is 3. The van der Waals surface area contributed by atoms with Gasteiger partial charge in [0.25, 0.3) is 0 Å². The van der Waals surface area contributed by atoms with Gasteiger partial charge in [0.2, 0.25) is 0 Å². The fourth-order valence-corrected chi connectivity index (χ4v) is 4.58. The molecule has 0 spiro atoms. The molecule has 0 aromatic carbocycles. The number of carboxylic acid groups (broad SMARTS) is 2. The predicted molar refractivity (Wildman–Crippen MR) is 108 cm³/mol. The van der Waals surface area contributed by atoms with E-state index in [4.69, 9.17) is 25.5 Å². The van der Waals surface area contributed by atoms with Crippen LogP contribution in [0.4, 0.5) is 19.0 Å². The number of nitrogen functional groups attached to an aromatic ring is 1. The summed E-state index contributed by atoms with van der Waals surface area (Å²) in [5.41, 5.74) is 6.53. The first-order chi connectivity index (χ1) is 15.7. The van der Waals surface area contributed by atoms with Crippen LogP contribution in [0.3, 0.4) is 0 Å². The van der Waals surface area contributed by atoms with Crippen LogP contribution in [-0.2, 0) is 25.2 Å². The molecular formula is C17H22F3N5O8S. The highest BCUT2D eigenvalue weighted by molar-refractivity contribution is 7.96. The zero-order valence-electron chi connectivity index (χ0n) is 17.5. The number of hydrogen-bond donors (Lipinski definition) is 5. The SMILES string of the molecule is O=C([O-])C(F)(F)F.[14CH3][S+](CCC(O)C(=O)O)C[C@H]1O[C@@H](n2cnc3c(N)ncnc32)[C@H](O)[C@@H]1O. The molecule has 2 aromatic heterocycles. The van der Waals surface area contributed by atoms with E-state index in [9.17, 15) is 33.3 Å². The molecule has 0 bridgehead atoms. The third-order valence-electron chi connectivity index (χ3n) is 4.70. The molecule has 1 aliphatic rings. The lowest BCUT2D eigenvalue weighted by molar-refractivity contribution is -0.344. The van der Waals surface area contributed by atoms with Crippen molar-refractivity contribution in [2.75, 3.05) is 23.5 Å². The number of aliphatic hydroxyl groups excluding tert-OH is 3. The quantitative estimate of drug-likeness (QED) is 0.240. The molecule has 3 heterocycles. The van der Waals surface area contributed by atoms with E-state index in [1.165, 1.54) is 17.2 Å². The molecule has 0 amide bonds. The van der Waals surface area contributed by atoms with Crippen LogP contribution in [0.2, 0.25) is 0 Å². The van der Waals surface area contributed by atoms with Gasteiger partial charge < -0.3 is 40.8 Å². The first kappa shape index (κ1) is 27.5. The number of imidazole rings is 1. The number of alkyl halides is 3. The first-order valence-electron chi connectivity index (χ1n) is 9.46. The molecule has 17 heteroatoms. The minimum Gasteiger partial charge on any atom is -0.542 e. The molecule has 1 saturated heterocycles. The fourth-order valence-electron chi connectivity index (χ4n) is 2.95. The summed E-state index contributed by atoms with van der Waals surface area (Å²) in [5.74, 6) is -3.17. The Hall–Kier alpha value is -2.73. The van der Waals surface area contributed by atoms with Gasteiger partial charge in [-0.15, -0.1) is 0 Å². The topological polar surface area (TPSA) is 217 Å². The van der Waals surface area contributed by atoms with Crippen molar-refractivity contribution >= 4 is 39.8 Å². The maximum absolute atomic E-state index is 10.7. The van der Waals surface area contributed by atoms with Gasteiger partial charge in [0, 0.05) is 6.42 Å². The molecule has 1 fully saturated rings. The number of anilines is 1. The molecule has 0 radical (unpaired) electrons. The highest BCUT2D eigenvalue weighted by Crippen LogP contribution is 2.32. The van der Waals surface area contributed by atoms with Crippen LogP contribution in [0.5, 0.6) is 0 Å². The molecule has 0 saturated carbocycles. The molecule has 2 unspecified atom stereocenters. The maximum atomic E-state index is 10.7. The monoisotopic (exact) mass is 515 g/mol. The highest BCUT2D eigenvalue weighted by Gasteiger charge is 2.46. The van der Waals surface area contributed by atoms with Crippen molar-refractivity contribution in [1.82, 2.24) is 19.5 Å². The number of ether oxygens (including phenoxy) is 1. The second-order valence-corrected chi connectivity index (χ2v) is 9.51. The fraction of sp³-hybridized carbons (Fsp3) is 0.588. The van der Waals surface area contributed by atoms with Gasteiger partial charge in [0.05, 0.1) is 12.6 Å². The molecule has 6 N–H and O–H groups in total. The van der Waals surface area contributed by atoms with Crippen LogP contribution in [0.25, 0.3) is 11.2 Å². The number of rotatable bonds is 7. The summed E-state index contributed by atoms with van der Waals surface area (Å²) in [4.78, 5) is 31.6. The summed E-state index contributed by atoms with van der Waals surface area (Å²) in [5, 5.41) is 47.7. The van der Waals surface area contributed by atoms with Crippen molar-refractivity contribution in [2.24, 2.45) is 0 Å². The number of aliphatic hydroxyl groups is 3. The van der Waals surface area contributed by atoms with E-state index in [-0.39, 0.29) is 23.1 Å². The van der Waals surface area contributed by atoms with E-state index in [1.807, 2.05) is 6.26 Å². The van der Waals surface area contributed by atoms with Gasteiger partial charge in [-0.2, -0.15) is 13.2 Å². The Morgan fingerprint density at radius 2 is 1.91 bits per heavy atom. The molecule has 6 atom stereocenters. The summed E-state index contributed by atoms with van der Waals surface area (Å²) < 4.78 is 38.9. The number of fused-ring (bicyclic) bond motifs is 1. The van der Waals surface area contributed by atoms with Crippen molar-refractivity contribution in [1.29, 1.82) is 0 Å². The average molecular weight is 515 g/mol. The summed E-state index contributed by atoms with van der Waals surface area (Å²) in [6.45, 7) is 0. The zero-order valence-corrected chi connectivity index (χ0v) is 18.3. The number of aliphatic carboxylic acids is 2. The van der Waals surface area contributed by atoms with Crippen LogP contribution < -0.4 is 10.8 Å². The van der Waals surface area contributed by atoms with Crippen molar-refractivity contribution in [3.8, 4) is 0 Å². The summed E-state index contributed by atoms with van der Waals surface area (Å²) in [6, 6.07) is 0. The lowest BCUT2D eigenvalue weighted by Crippen LogP contribution is -2.37. The van der Waals surface area contributed by atoms with Crippen LogP contribution in [0, 0.1) is 0 Å². The van der Waals surface area contributed by atoms with Gasteiger partial charge in [0.15, 0.2) is 23.8 Å². The molecule has 1 aliphatic heterocycles. The van der Waals surface area contributed by atoms with E-state index in [0.29, 0.717) is 22.7 Å². The lowest BCUT2D eigenvalue weighted by atomic mass is 10.1. The Kier molecular flexibility index (Phi) is 9.01. The third-order valence-corrected chi connectivity index (χ3v) is 6.53. The molecule has 3 rings (SSSR count). The Balaban J connectivity index is 0.000000509. The van der Waals surface area contributed by atoms with E-state index in [1.54, 1.807) is 0 Å². The largest absolute Gasteiger partial charge is 0.542 e. The summed E-state index contributed by atoms with van der Waals surface area (Å²) in [6.07, 6.45) is -5.72. The van der Waals surface area contributed by atoms with Crippen molar-refractivity contribution in [3.63, 3.8) is 0 Å². The van der Waals surface area contributed by atoms with E-state index in [0.717, 1.165) is 0 Å². The van der Waals surface area contributed by atoms with Crippen molar-refractivity contribution in [2.45, 2.75) is 43.2 Å². The Labute approximate surface area is 192 Å². The van der Waals surface area contributed by atoms with E-state index in [2.05, 4.69) is 15.0 Å². The second kappa shape index (κ2) is 11.1. The predicted octanol–water partition coefficient (Wildman–Crippen LogP) is -2.59. The van der Waals surface area contributed by atoms with Crippen LogP contribution in [0.15, 0.2) is 12.7 Å². The van der Waals surface area contributed by atoms with Gasteiger partial charge in [-0.05, 0) is 10.9 Å². The van der Waals surface area contributed by atoms with Crippen molar-refractivity contribution in [3.05, 3.63) is 12.7 Å². The lowest BCUT2D eigenvalue weighted by Gasteiger charge is -2.16. The van der Waals surface area contributed by atoms with E-state index < -0.39 is 48.8 Å². The van der Waals surface area contributed by atoms with Gasteiger partial charge in [0.1, 0.15) is 47.6 Å². The number of carbonyl (C=O) groups excluding carboxylic acids is 1. The Morgan fingerprint density at radius 3 is 2.47 bits per heavy atom. The van der Waals surface area contributed by atoms with Crippen LogP contribution in [-0.4, -0.2) is 100 Å². The summed E-state index contributed by atoms with van der Waals surface area (Å²) in [7, 11) is -0.315. The van der Waals surface area contributed by atoms with Gasteiger partial charge in [-0.25, -0.2) is 19.7 Å². The maximum Gasteiger partial charge on any atom is 0.430 e. The smallest absolute Gasteiger partial charge is 0.430 e. The molecular weight excluding hydrogens is 493 g/mol. The first-order valence-corrected chi connectivity index (χ1v) is 11.4. The zero-order chi connectivity index (χ0) is 25.8. The number of hydrogen-bond acceptors (Lipinski definition) is 11. The molecule has 34 heavy (non-hydrogen) atoms. The molecule has 2 aromatic rings. The van der Waals surface area contributed by atoms with Gasteiger partial charge in [-0.3, -0.25) is 4.57 Å². The van der Waals surface area contributed by atoms with Crippen LogP contribution >= 0.6 is 0 Å². The number of carboxylic acids is 2. The normalized spacial score (nSPS) is 24.3. The van der Waals surface area contributed by atoms with Crippen LogP contribution in [0.1, 0.15) is 12.6 Å². The molecule has 190 valence electrons. The average Bonchev–Trinajstić information content (AvgIpc) is 3.29. The minimum atomic E-state index is -5.19. The summed E-state index contributed by atoms with van der Waals surface area (Å²) >= 11 is 0. The second-order valence-electron chi connectivity index (χ2n) is 7.21. The number of aromatic nitrogens is 4. The molecule has 13 nitrogen and oxygen atoms in total. The van der Waals surface area contributed by atoms with E-state index >= 15 is 0 Å². The highest BCUT2D eigenvalue weighted by atomic mass is 32.2. The number of carbonyl (C=O) groups is 2. The number of nitrogens with two attached hydrogens (primary N) is 1. The number of nitrogens with zero attached hydrogens (tertiary/aromatic N) is 4. The van der Waals surface area contributed by atoms with Gasteiger partial charge in [-0.1, -0.05) is 0 Å². The molecule has 0 aliphatic carbocycles.